The Labute approximate surface area is 206 Å². The summed E-state index contributed by atoms with van der Waals surface area (Å²) in [5, 5.41) is 2.99. The van der Waals surface area contributed by atoms with Crippen LogP contribution in [0.2, 0.25) is 0 Å². The molecule has 2 bridgehead atoms. The molecule has 1 fully saturated rings. The number of urea groups is 1. The maximum Gasteiger partial charge on any atom is 0.327 e. The van der Waals surface area contributed by atoms with E-state index in [-0.39, 0.29) is 17.6 Å². The van der Waals surface area contributed by atoms with Crippen molar-refractivity contribution < 1.29 is 18.0 Å². The van der Waals surface area contributed by atoms with Crippen LogP contribution in [0.3, 0.4) is 0 Å². The molecule has 36 heavy (non-hydrogen) atoms. The van der Waals surface area contributed by atoms with Crippen molar-refractivity contribution in [2.45, 2.75) is 25.3 Å². The molecule has 1 N–H and O–H groups in total. The summed E-state index contributed by atoms with van der Waals surface area (Å²) in [7, 11) is 0. The smallest absolute Gasteiger partial charge is 0.327 e. The van der Waals surface area contributed by atoms with Gasteiger partial charge in [0.05, 0.1) is 23.6 Å². The molecule has 182 valence electrons. The van der Waals surface area contributed by atoms with Gasteiger partial charge in [-0.3, -0.25) is 4.90 Å². The number of benzene rings is 2. The van der Waals surface area contributed by atoms with E-state index in [2.05, 4.69) is 15.2 Å². The Hall–Kier alpha value is -4.27. The van der Waals surface area contributed by atoms with E-state index in [0.29, 0.717) is 28.5 Å². The van der Waals surface area contributed by atoms with Crippen molar-refractivity contribution in [3.8, 4) is 22.6 Å². The number of nitrogens with one attached hydrogen (secondary N) is 1. The Morgan fingerprint density at radius 1 is 1.11 bits per heavy atom. The summed E-state index contributed by atoms with van der Waals surface area (Å²) in [5.41, 5.74) is 3.30. The number of amides is 2. The number of anilines is 3. The number of carbonyl (C=O) groups is 1. The van der Waals surface area contributed by atoms with Gasteiger partial charge < -0.3 is 14.6 Å². The van der Waals surface area contributed by atoms with Crippen molar-refractivity contribution in [2.75, 3.05) is 28.2 Å². The molecule has 0 spiro atoms. The average Bonchev–Trinajstić information content (AvgIpc) is 3.55. The normalized spacial score (nSPS) is 16.7. The third-order valence-corrected chi connectivity index (χ3v) is 6.67. The summed E-state index contributed by atoms with van der Waals surface area (Å²) < 4.78 is 33.2. The second-order valence-electron chi connectivity index (χ2n) is 9.14. The van der Waals surface area contributed by atoms with Crippen LogP contribution in [0.1, 0.15) is 18.9 Å². The van der Waals surface area contributed by atoms with E-state index in [1.54, 1.807) is 23.2 Å². The summed E-state index contributed by atoms with van der Waals surface area (Å²) in [6.07, 6.45) is 3.79. The first kappa shape index (κ1) is 22.2. The van der Waals surface area contributed by atoms with Crippen LogP contribution >= 0.6 is 0 Å². The van der Waals surface area contributed by atoms with Gasteiger partial charge in [0.1, 0.15) is 0 Å². The third-order valence-electron chi connectivity index (χ3n) is 6.67. The van der Waals surface area contributed by atoms with Crippen LogP contribution in [-0.2, 0) is 5.92 Å². The standard InChI is InChI=1S/C27H23F2N5O2/c1-27(28,29)19-6-2-4-17(12-19)22-8-9-23-25(32-22)34(21-10-11-33(23)15-21)26(35)31-20-7-3-5-18(13-20)24-14-30-16-36-24/h2-9,12-14,16,21H,10-11,15H2,1H3,(H,31,35)/t21-/m1/s1. The number of hydrogen-bond donors (Lipinski definition) is 1. The number of alkyl halides is 2. The van der Waals surface area contributed by atoms with E-state index in [1.807, 2.05) is 36.4 Å². The number of oxazole rings is 1. The molecule has 2 aliphatic heterocycles. The summed E-state index contributed by atoms with van der Waals surface area (Å²) in [6, 6.07) is 17.0. The van der Waals surface area contributed by atoms with Crippen molar-refractivity contribution in [2.24, 2.45) is 0 Å². The highest BCUT2D eigenvalue weighted by molar-refractivity contribution is 6.05. The van der Waals surface area contributed by atoms with Gasteiger partial charge in [0.25, 0.3) is 5.92 Å². The van der Waals surface area contributed by atoms with E-state index in [9.17, 15) is 13.6 Å². The fourth-order valence-electron chi connectivity index (χ4n) is 4.88. The lowest BCUT2D eigenvalue weighted by Crippen LogP contribution is -2.48. The predicted molar refractivity (Wildman–Crippen MR) is 133 cm³/mol. The van der Waals surface area contributed by atoms with E-state index in [1.165, 1.54) is 18.5 Å². The maximum absolute atomic E-state index is 13.9. The topological polar surface area (TPSA) is 74.5 Å². The van der Waals surface area contributed by atoms with Crippen molar-refractivity contribution >= 4 is 23.2 Å². The molecule has 0 aliphatic carbocycles. The van der Waals surface area contributed by atoms with Gasteiger partial charge in [-0.1, -0.05) is 30.3 Å². The number of hydrogen-bond acceptors (Lipinski definition) is 5. The van der Waals surface area contributed by atoms with Crippen LogP contribution in [0.15, 0.2) is 77.7 Å². The fourth-order valence-corrected chi connectivity index (χ4v) is 4.88. The first-order chi connectivity index (χ1) is 17.4. The maximum atomic E-state index is 13.9. The molecule has 2 aromatic carbocycles. The molecule has 6 rings (SSSR count). The third kappa shape index (κ3) is 3.96. The lowest BCUT2D eigenvalue weighted by molar-refractivity contribution is 0.0175. The fraction of sp³-hybridized carbons (Fsp3) is 0.222. The summed E-state index contributed by atoms with van der Waals surface area (Å²) >= 11 is 0. The minimum Gasteiger partial charge on any atom is -0.444 e. The molecule has 2 aliphatic rings. The van der Waals surface area contributed by atoms with E-state index >= 15 is 0 Å². The highest BCUT2D eigenvalue weighted by Crippen LogP contribution is 2.41. The van der Waals surface area contributed by atoms with Crippen molar-refractivity contribution in [1.29, 1.82) is 0 Å². The monoisotopic (exact) mass is 487 g/mol. The lowest BCUT2D eigenvalue weighted by Gasteiger charge is -2.36. The Kier molecular flexibility index (Phi) is 5.21. The van der Waals surface area contributed by atoms with E-state index in [4.69, 9.17) is 9.40 Å². The molecule has 0 radical (unpaired) electrons. The second kappa shape index (κ2) is 8.44. The molecule has 9 heteroatoms. The quantitative estimate of drug-likeness (QED) is 0.374. The zero-order chi connectivity index (χ0) is 24.9. The van der Waals surface area contributed by atoms with Gasteiger partial charge in [0.2, 0.25) is 0 Å². The molecule has 1 atom stereocenters. The number of fused-ring (bicyclic) bond motifs is 4. The number of pyridine rings is 1. The van der Waals surface area contributed by atoms with E-state index in [0.717, 1.165) is 37.7 Å². The van der Waals surface area contributed by atoms with Crippen LogP contribution in [0.5, 0.6) is 0 Å². The molecule has 0 saturated carbocycles. The van der Waals surface area contributed by atoms with Crippen LogP contribution in [0.4, 0.5) is 30.8 Å². The first-order valence-electron chi connectivity index (χ1n) is 11.7. The predicted octanol–water partition coefficient (Wildman–Crippen LogP) is 6.15. The highest BCUT2D eigenvalue weighted by atomic mass is 19.3. The molecule has 4 heterocycles. The van der Waals surface area contributed by atoms with Crippen molar-refractivity contribution in [1.82, 2.24) is 9.97 Å². The van der Waals surface area contributed by atoms with Crippen LogP contribution < -0.4 is 15.1 Å². The van der Waals surface area contributed by atoms with Crippen LogP contribution in [0.25, 0.3) is 22.6 Å². The van der Waals surface area contributed by atoms with Crippen LogP contribution in [-0.4, -0.2) is 35.1 Å². The van der Waals surface area contributed by atoms with Crippen LogP contribution in [0, 0.1) is 0 Å². The van der Waals surface area contributed by atoms with Gasteiger partial charge in [-0.2, -0.15) is 0 Å². The molecule has 2 amide bonds. The van der Waals surface area contributed by atoms with Gasteiger partial charge in [-0.15, -0.1) is 0 Å². The highest BCUT2D eigenvalue weighted by Gasteiger charge is 2.40. The largest absolute Gasteiger partial charge is 0.444 e. The number of aromatic nitrogens is 2. The molecular formula is C27H23F2N5O2. The minimum atomic E-state index is -2.96. The zero-order valence-electron chi connectivity index (χ0n) is 19.5. The minimum absolute atomic E-state index is 0.0379. The van der Waals surface area contributed by atoms with Crippen molar-refractivity contribution in [3.63, 3.8) is 0 Å². The van der Waals surface area contributed by atoms with Gasteiger partial charge >= 0.3 is 6.03 Å². The molecular weight excluding hydrogens is 464 g/mol. The lowest BCUT2D eigenvalue weighted by atomic mass is 10.0. The second-order valence-corrected chi connectivity index (χ2v) is 9.14. The molecule has 0 unspecified atom stereocenters. The molecule has 1 saturated heterocycles. The van der Waals surface area contributed by atoms with E-state index < -0.39 is 5.92 Å². The van der Waals surface area contributed by atoms with Gasteiger partial charge in [-0.05, 0) is 36.8 Å². The number of rotatable bonds is 4. The van der Waals surface area contributed by atoms with Gasteiger partial charge in [0, 0.05) is 42.4 Å². The van der Waals surface area contributed by atoms with Crippen molar-refractivity contribution in [3.05, 3.63) is 78.8 Å². The number of nitrogens with zero attached hydrogens (tertiary/aromatic N) is 4. The number of halogens is 2. The Morgan fingerprint density at radius 2 is 1.94 bits per heavy atom. The average molecular weight is 488 g/mol. The SMILES string of the molecule is CC(F)(F)c1cccc(-c2ccc3c(n2)N(C(=O)Nc2cccc(-c4cnco4)c2)[C@@H]2CCN3C2)c1. The van der Waals surface area contributed by atoms with Gasteiger partial charge in [0.15, 0.2) is 18.0 Å². The Morgan fingerprint density at radius 3 is 2.75 bits per heavy atom. The number of carbonyl (C=O) groups excluding carboxylic acids is 1. The molecule has 7 nitrogen and oxygen atoms in total. The Bertz CT molecular complexity index is 1430. The molecule has 2 aromatic heterocycles. The Balaban J connectivity index is 1.34. The summed E-state index contributed by atoms with van der Waals surface area (Å²) in [4.78, 5) is 26.2. The summed E-state index contributed by atoms with van der Waals surface area (Å²) in [5.74, 6) is -1.83. The first-order valence-corrected chi connectivity index (χ1v) is 11.7. The molecule has 4 aromatic rings. The summed E-state index contributed by atoms with van der Waals surface area (Å²) in [6.45, 7) is 2.42. The van der Waals surface area contributed by atoms with Gasteiger partial charge in [-0.25, -0.2) is 23.5 Å². The zero-order valence-corrected chi connectivity index (χ0v) is 19.5.